The first-order chi connectivity index (χ1) is 9.94. The third-order valence-corrected chi connectivity index (χ3v) is 4.36. The van der Waals surface area contributed by atoms with Crippen LogP contribution in [-0.4, -0.2) is 23.7 Å². The van der Waals surface area contributed by atoms with Gasteiger partial charge < -0.3 is 10.4 Å². The number of carbonyl (C=O) groups is 1. The molecular weight excluding hydrogens is 262 g/mol. The van der Waals surface area contributed by atoms with Crippen LogP contribution >= 0.6 is 0 Å². The summed E-state index contributed by atoms with van der Waals surface area (Å²) in [5.41, 5.74) is 2.60. The second kappa shape index (κ2) is 6.32. The Hall–Kier alpha value is -1.79. The molecule has 2 rings (SSSR count). The fourth-order valence-corrected chi connectivity index (χ4v) is 2.87. The van der Waals surface area contributed by atoms with E-state index in [0.29, 0.717) is 5.56 Å². The molecule has 0 radical (unpaired) electrons. The Morgan fingerprint density at radius 3 is 2.86 bits per heavy atom. The fraction of sp³-hybridized carbons (Fsp3) is 0.500. The summed E-state index contributed by atoms with van der Waals surface area (Å²) in [6, 6.07) is 5.76. The van der Waals surface area contributed by atoms with Crippen molar-refractivity contribution in [2.75, 3.05) is 6.61 Å². The molecule has 1 atom stereocenters. The van der Waals surface area contributed by atoms with Gasteiger partial charge in [0.1, 0.15) is 6.61 Å². The Labute approximate surface area is 126 Å². The van der Waals surface area contributed by atoms with Crippen LogP contribution in [0.5, 0.6) is 0 Å². The average molecular weight is 285 g/mol. The summed E-state index contributed by atoms with van der Waals surface area (Å²) in [5, 5.41) is 11.9. The first kappa shape index (κ1) is 15.6. The molecule has 2 N–H and O–H groups in total. The highest BCUT2D eigenvalue weighted by atomic mass is 16.2. The lowest BCUT2D eigenvalue weighted by molar-refractivity contribution is 0.0910. The van der Waals surface area contributed by atoms with Gasteiger partial charge in [0.05, 0.1) is 0 Å². The number of aliphatic hydroxyl groups is 1. The first-order valence-corrected chi connectivity index (χ1v) is 7.45. The van der Waals surface area contributed by atoms with Gasteiger partial charge in [-0.05, 0) is 42.9 Å². The summed E-state index contributed by atoms with van der Waals surface area (Å²) >= 11 is 0. The monoisotopic (exact) mass is 285 g/mol. The van der Waals surface area contributed by atoms with Crippen molar-refractivity contribution >= 4 is 5.91 Å². The van der Waals surface area contributed by atoms with Crippen LogP contribution in [0, 0.1) is 24.2 Å². The fourth-order valence-electron chi connectivity index (χ4n) is 2.87. The van der Waals surface area contributed by atoms with E-state index < -0.39 is 0 Å². The average Bonchev–Trinajstić information content (AvgIpc) is 2.77. The molecule has 1 aromatic carbocycles. The van der Waals surface area contributed by atoms with E-state index in [0.717, 1.165) is 24.0 Å². The first-order valence-electron chi connectivity index (χ1n) is 7.45. The highest BCUT2D eigenvalue weighted by molar-refractivity contribution is 5.95. The number of carbonyl (C=O) groups excluding carboxylic acids is 1. The number of rotatable bonds is 2. The predicted octanol–water partition coefficient (Wildman–Crippen LogP) is 2.65. The van der Waals surface area contributed by atoms with Crippen LogP contribution in [0.4, 0.5) is 0 Å². The van der Waals surface area contributed by atoms with Gasteiger partial charge in [0, 0.05) is 17.2 Å². The second-order valence-corrected chi connectivity index (χ2v) is 6.40. The molecule has 1 aliphatic rings. The quantitative estimate of drug-likeness (QED) is 0.821. The van der Waals surface area contributed by atoms with Gasteiger partial charge in [-0.25, -0.2) is 0 Å². The van der Waals surface area contributed by atoms with Gasteiger partial charge in [-0.1, -0.05) is 38.2 Å². The van der Waals surface area contributed by atoms with E-state index in [1.165, 1.54) is 6.42 Å². The van der Waals surface area contributed by atoms with Gasteiger partial charge in [0.25, 0.3) is 5.91 Å². The summed E-state index contributed by atoms with van der Waals surface area (Å²) in [7, 11) is 0. The Balaban J connectivity index is 2.16. The number of amides is 1. The second-order valence-electron chi connectivity index (χ2n) is 6.40. The summed E-state index contributed by atoms with van der Waals surface area (Å²) in [4.78, 5) is 12.4. The smallest absolute Gasteiger partial charge is 0.251 e. The zero-order valence-corrected chi connectivity index (χ0v) is 13.0. The summed E-state index contributed by atoms with van der Waals surface area (Å²) < 4.78 is 0. The molecule has 0 aromatic heterocycles. The Morgan fingerprint density at radius 1 is 1.48 bits per heavy atom. The Morgan fingerprint density at radius 2 is 2.24 bits per heavy atom. The van der Waals surface area contributed by atoms with Crippen molar-refractivity contribution in [3.63, 3.8) is 0 Å². The highest BCUT2D eigenvalue weighted by Gasteiger charge is 2.35. The molecule has 0 spiro atoms. The third-order valence-electron chi connectivity index (χ3n) is 4.36. The summed E-state index contributed by atoms with van der Waals surface area (Å²) in [6.45, 7) is 6.19. The van der Waals surface area contributed by atoms with E-state index in [-0.39, 0.29) is 24.0 Å². The number of nitrogens with one attached hydrogen (secondary N) is 1. The SMILES string of the molecule is Cc1ccc(C(=O)NC2CCCC2(C)C)cc1C#CCO. The zero-order chi connectivity index (χ0) is 15.5. The van der Waals surface area contributed by atoms with Crippen molar-refractivity contribution < 1.29 is 9.90 Å². The lowest BCUT2D eigenvalue weighted by Crippen LogP contribution is -2.41. The number of aryl methyl sites for hydroxylation is 1. The minimum absolute atomic E-state index is 0.0398. The van der Waals surface area contributed by atoms with E-state index in [9.17, 15) is 4.79 Å². The minimum Gasteiger partial charge on any atom is -0.384 e. The molecule has 1 aliphatic carbocycles. The topological polar surface area (TPSA) is 49.3 Å². The molecule has 112 valence electrons. The molecular formula is C18H23NO2. The molecule has 1 fully saturated rings. The van der Waals surface area contributed by atoms with Crippen LogP contribution in [0.1, 0.15) is 54.6 Å². The molecule has 1 saturated carbocycles. The highest BCUT2D eigenvalue weighted by Crippen LogP contribution is 2.37. The normalized spacial score (nSPS) is 19.7. The van der Waals surface area contributed by atoms with Crippen molar-refractivity contribution in [3.8, 4) is 11.8 Å². The maximum absolute atomic E-state index is 12.4. The number of aliphatic hydroxyl groups excluding tert-OH is 1. The minimum atomic E-state index is -0.174. The Bertz CT molecular complexity index is 593. The van der Waals surface area contributed by atoms with Crippen LogP contribution in [-0.2, 0) is 0 Å². The van der Waals surface area contributed by atoms with Crippen LogP contribution in [0.3, 0.4) is 0 Å². The third kappa shape index (κ3) is 3.65. The molecule has 0 aliphatic heterocycles. The van der Waals surface area contributed by atoms with Gasteiger partial charge in [-0.15, -0.1) is 0 Å². The van der Waals surface area contributed by atoms with Crippen LogP contribution in [0.2, 0.25) is 0 Å². The van der Waals surface area contributed by atoms with Gasteiger partial charge >= 0.3 is 0 Å². The summed E-state index contributed by atoms with van der Waals surface area (Å²) in [5.74, 6) is 5.48. The van der Waals surface area contributed by atoms with Crippen molar-refractivity contribution in [1.29, 1.82) is 0 Å². The van der Waals surface area contributed by atoms with Gasteiger partial charge in [0.2, 0.25) is 0 Å². The number of hydrogen-bond donors (Lipinski definition) is 2. The molecule has 1 aromatic rings. The molecule has 21 heavy (non-hydrogen) atoms. The largest absolute Gasteiger partial charge is 0.384 e. The van der Waals surface area contributed by atoms with E-state index in [4.69, 9.17) is 5.11 Å². The molecule has 1 unspecified atom stereocenters. The van der Waals surface area contributed by atoms with E-state index in [2.05, 4.69) is 31.0 Å². The van der Waals surface area contributed by atoms with Crippen LogP contribution < -0.4 is 5.32 Å². The van der Waals surface area contributed by atoms with Crippen molar-refractivity contribution in [3.05, 3.63) is 34.9 Å². The van der Waals surface area contributed by atoms with Crippen molar-refractivity contribution in [2.24, 2.45) is 5.41 Å². The lowest BCUT2D eigenvalue weighted by Gasteiger charge is -2.27. The van der Waals surface area contributed by atoms with Crippen molar-refractivity contribution in [2.45, 2.75) is 46.1 Å². The molecule has 0 saturated heterocycles. The number of hydrogen-bond acceptors (Lipinski definition) is 2. The molecule has 0 bridgehead atoms. The molecule has 3 nitrogen and oxygen atoms in total. The molecule has 1 amide bonds. The zero-order valence-electron chi connectivity index (χ0n) is 13.0. The van der Waals surface area contributed by atoms with Gasteiger partial charge in [-0.3, -0.25) is 4.79 Å². The maximum atomic E-state index is 12.4. The van der Waals surface area contributed by atoms with Crippen molar-refractivity contribution in [1.82, 2.24) is 5.32 Å². The van der Waals surface area contributed by atoms with Gasteiger partial charge in [-0.2, -0.15) is 0 Å². The van der Waals surface area contributed by atoms with E-state index >= 15 is 0 Å². The lowest BCUT2D eigenvalue weighted by atomic mass is 9.87. The maximum Gasteiger partial charge on any atom is 0.251 e. The Kier molecular flexibility index (Phi) is 4.69. The predicted molar refractivity (Wildman–Crippen MR) is 84.0 cm³/mol. The van der Waals surface area contributed by atoms with Crippen LogP contribution in [0.15, 0.2) is 18.2 Å². The van der Waals surface area contributed by atoms with Crippen LogP contribution in [0.25, 0.3) is 0 Å². The standard InChI is InChI=1S/C18H23NO2/c1-13-8-9-15(12-14(13)6-5-11-20)17(21)19-16-7-4-10-18(16,2)3/h8-9,12,16,20H,4,7,10-11H2,1-3H3,(H,19,21). The molecule has 0 heterocycles. The number of benzene rings is 1. The van der Waals surface area contributed by atoms with E-state index in [1.807, 2.05) is 19.1 Å². The summed E-state index contributed by atoms with van der Waals surface area (Å²) in [6.07, 6.45) is 3.36. The van der Waals surface area contributed by atoms with E-state index in [1.54, 1.807) is 6.07 Å². The van der Waals surface area contributed by atoms with Gasteiger partial charge in [0.15, 0.2) is 0 Å². The molecule has 3 heteroatoms.